The van der Waals surface area contributed by atoms with Gasteiger partial charge in [-0.15, -0.1) is 0 Å². The second kappa shape index (κ2) is 5.37. The Hall–Kier alpha value is -3.29. The predicted molar refractivity (Wildman–Crippen MR) is 94.2 cm³/mol. The van der Waals surface area contributed by atoms with Gasteiger partial charge in [-0.25, -0.2) is 9.78 Å². The molecule has 0 spiro atoms. The highest BCUT2D eigenvalue weighted by atomic mass is 16.5. The molecule has 1 N–H and O–H groups in total. The van der Waals surface area contributed by atoms with Crippen LogP contribution in [0.25, 0.3) is 22.1 Å². The smallest absolute Gasteiger partial charge is 0.332 e. The SMILES string of the molecule is COc1ccc2[nH]c(Cn3c(=O)c4c(ncn4C)n(C)c3=O)cc2c1. The zero-order valence-electron chi connectivity index (χ0n) is 14.1. The zero-order chi connectivity index (χ0) is 17.7. The highest BCUT2D eigenvalue weighted by Gasteiger charge is 2.15. The van der Waals surface area contributed by atoms with Crippen molar-refractivity contribution in [3.63, 3.8) is 0 Å². The van der Waals surface area contributed by atoms with E-state index in [1.807, 2.05) is 24.3 Å². The van der Waals surface area contributed by atoms with Crippen LogP contribution in [-0.4, -0.2) is 30.8 Å². The summed E-state index contributed by atoms with van der Waals surface area (Å²) in [6.07, 6.45) is 1.53. The molecule has 8 heteroatoms. The van der Waals surface area contributed by atoms with Crippen molar-refractivity contribution in [1.82, 2.24) is 23.7 Å². The minimum atomic E-state index is -0.396. The highest BCUT2D eigenvalue weighted by molar-refractivity contribution is 5.82. The lowest BCUT2D eigenvalue weighted by atomic mass is 10.2. The molecule has 3 aromatic heterocycles. The molecule has 0 unspecified atom stereocenters. The number of methoxy groups -OCH3 is 1. The number of aryl methyl sites for hydroxylation is 2. The first-order chi connectivity index (χ1) is 12.0. The second-order valence-electron chi connectivity index (χ2n) is 6.01. The van der Waals surface area contributed by atoms with E-state index in [0.29, 0.717) is 11.2 Å². The molecule has 4 rings (SSSR count). The topological polar surface area (TPSA) is 86.8 Å². The van der Waals surface area contributed by atoms with Crippen LogP contribution in [0.4, 0.5) is 0 Å². The van der Waals surface area contributed by atoms with Gasteiger partial charge in [-0.3, -0.25) is 13.9 Å². The largest absolute Gasteiger partial charge is 0.497 e. The average Bonchev–Trinajstić information content (AvgIpc) is 3.19. The Kier molecular flexibility index (Phi) is 3.28. The summed E-state index contributed by atoms with van der Waals surface area (Å²) in [4.78, 5) is 32.7. The Balaban J connectivity index is 1.87. The second-order valence-corrected chi connectivity index (χ2v) is 6.01. The van der Waals surface area contributed by atoms with E-state index in [1.54, 1.807) is 25.8 Å². The first-order valence-electron chi connectivity index (χ1n) is 7.76. The molecule has 0 saturated heterocycles. The molecule has 8 nitrogen and oxygen atoms in total. The molecule has 0 saturated carbocycles. The molecule has 0 fully saturated rings. The number of nitrogens with one attached hydrogen (secondary N) is 1. The number of rotatable bonds is 3. The monoisotopic (exact) mass is 339 g/mol. The van der Waals surface area contributed by atoms with Gasteiger partial charge in [0.1, 0.15) is 5.75 Å². The first-order valence-corrected chi connectivity index (χ1v) is 7.76. The highest BCUT2D eigenvalue weighted by Crippen LogP contribution is 2.21. The summed E-state index contributed by atoms with van der Waals surface area (Å²) in [7, 11) is 4.96. The van der Waals surface area contributed by atoms with Gasteiger partial charge in [-0.2, -0.15) is 0 Å². The number of benzene rings is 1. The minimum absolute atomic E-state index is 0.156. The number of H-pyrrole nitrogens is 1. The van der Waals surface area contributed by atoms with Crippen LogP contribution in [0, 0.1) is 0 Å². The van der Waals surface area contributed by atoms with E-state index >= 15 is 0 Å². The van der Waals surface area contributed by atoms with E-state index < -0.39 is 5.69 Å². The number of imidazole rings is 1. The first kappa shape index (κ1) is 15.3. The van der Waals surface area contributed by atoms with Crippen LogP contribution >= 0.6 is 0 Å². The molecule has 0 aliphatic rings. The maximum Gasteiger partial charge on any atom is 0.332 e. The van der Waals surface area contributed by atoms with E-state index in [1.165, 1.54) is 15.5 Å². The summed E-state index contributed by atoms with van der Waals surface area (Å²) in [5.74, 6) is 0.752. The van der Waals surface area contributed by atoms with Crippen LogP contribution in [0.3, 0.4) is 0 Å². The molecule has 0 amide bonds. The van der Waals surface area contributed by atoms with Crippen molar-refractivity contribution in [2.75, 3.05) is 7.11 Å². The van der Waals surface area contributed by atoms with Crippen molar-refractivity contribution in [2.45, 2.75) is 6.54 Å². The van der Waals surface area contributed by atoms with Gasteiger partial charge in [0.2, 0.25) is 0 Å². The Morgan fingerprint density at radius 2 is 2.00 bits per heavy atom. The maximum absolute atomic E-state index is 12.8. The normalized spacial score (nSPS) is 11.5. The summed E-state index contributed by atoms with van der Waals surface area (Å²) < 4.78 is 9.46. The number of aromatic nitrogens is 5. The third kappa shape index (κ3) is 2.25. The number of hydrogen-bond acceptors (Lipinski definition) is 4. The number of hydrogen-bond donors (Lipinski definition) is 1. The number of fused-ring (bicyclic) bond motifs is 2. The van der Waals surface area contributed by atoms with Crippen LogP contribution in [0.1, 0.15) is 5.69 Å². The fourth-order valence-corrected chi connectivity index (χ4v) is 3.09. The molecule has 0 bridgehead atoms. The van der Waals surface area contributed by atoms with Gasteiger partial charge in [0.25, 0.3) is 5.56 Å². The lowest BCUT2D eigenvalue weighted by molar-refractivity contribution is 0.415. The summed E-state index contributed by atoms with van der Waals surface area (Å²) in [5.41, 5.74) is 1.73. The molecule has 0 aliphatic carbocycles. The molecule has 0 aliphatic heterocycles. The average molecular weight is 339 g/mol. The molecule has 128 valence electrons. The fourth-order valence-electron chi connectivity index (χ4n) is 3.09. The van der Waals surface area contributed by atoms with Crippen LogP contribution in [0.2, 0.25) is 0 Å². The van der Waals surface area contributed by atoms with E-state index in [4.69, 9.17) is 4.74 Å². The lowest BCUT2D eigenvalue weighted by Gasteiger charge is -2.07. The van der Waals surface area contributed by atoms with E-state index in [-0.39, 0.29) is 12.1 Å². The molecular weight excluding hydrogens is 322 g/mol. The molecule has 3 heterocycles. The quantitative estimate of drug-likeness (QED) is 0.603. The molecule has 4 aromatic rings. The summed E-state index contributed by atoms with van der Waals surface area (Å²) >= 11 is 0. The van der Waals surface area contributed by atoms with Gasteiger partial charge in [0.15, 0.2) is 11.2 Å². The predicted octanol–water partition coefficient (Wildman–Crippen LogP) is 0.972. The Bertz CT molecular complexity index is 1230. The molecule has 25 heavy (non-hydrogen) atoms. The molecule has 1 aromatic carbocycles. The van der Waals surface area contributed by atoms with Gasteiger partial charge in [-0.1, -0.05) is 0 Å². The minimum Gasteiger partial charge on any atom is -0.497 e. The van der Waals surface area contributed by atoms with Gasteiger partial charge < -0.3 is 14.3 Å². The third-order valence-electron chi connectivity index (χ3n) is 4.41. The van der Waals surface area contributed by atoms with Crippen LogP contribution in [-0.2, 0) is 20.6 Å². The summed E-state index contributed by atoms with van der Waals surface area (Å²) in [6.45, 7) is 0.156. The maximum atomic E-state index is 12.8. The zero-order valence-corrected chi connectivity index (χ0v) is 14.1. The van der Waals surface area contributed by atoms with Gasteiger partial charge >= 0.3 is 5.69 Å². The number of ether oxygens (including phenoxy) is 1. The third-order valence-corrected chi connectivity index (χ3v) is 4.41. The molecule has 0 radical (unpaired) electrons. The standard InChI is InChI=1S/C17H17N5O3/c1-20-9-18-15-14(20)16(23)22(17(24)21(15)2)8-11-6-10-7-12(25-3)4-5-13(10)19-11/h4-7,9,19H,8H2,1-3H3. The Labute approximate surface area is 141 Å². The van der Waals surface area contributed by atoms with Crippen LogP contribution < -0.4 is 16.0 Å². The fraction of sp³-hybridized carbons (Fsp3) is 0.235. The van der Waals surface area contributed by atoms with Crippen molar-refractivity contribution in [3.8, 4) is 5.75 Å². The Morgan fingerprint density at radius 3 is 2.76 bits per heavy atom. The molecule has 0 atom stereocenters. The van der Waals surface area contributed by atoms with Crippen molar-refractivity contribution >= 4 is 22.1 Å². The Morgan fingerprint density at radius 1 is 1.20 bits per heavy atom. The van der Waals surface area contributed by atoms with Crippen molar-refractivity contribution in [2.24, 2.45) is 14.1 Å². The summed E-state index contributed by atoms with van der Waals surface area (Å²) in [6, 6.07) is 7.58. The van der Waals surface area contributed by atoms with Crippen molar-refractivity contribution in [3.05, 3.63) is 57.1 Å². The molecular formula is C17H17N5O3. The lowest BCUT2D eigenvalue weighted by Crippen LogP contribution is -2.39. The number of aromatic amines is 1. The van der Waals surface area contributed by atoms with Gasteiger partial charge in [0, 0.05) is 30.7 Å². The van der Waals surface area contributed by atoms with Crippen molar-refractivity contribution < 1.29 is 4.74 Å². The van der Waals surface area contributed by atoms with Gasteiger partial charge in [0.05, 0.1) is 20.0 Å². The van der Waals surface area contributed by atoms with Crippen molar-refractivity contribution in [1.29, 1.82) is 0 Å². The number of nitrogens with zero attached hydrogens (tertiary/aromatic N) is 4. The van der Waals surface area contributed by atoms with E-state index in [2.05, 4.69) is 9.97 Å². The van der Waals surface area contributed by atoms with Crippen LogP contribution in [0.5, 0.6) is 5.75 Å². The van der Waals surface area contributed by atoms with Gasteiger partial charge in [-0.05, 0) is 24.3 Å². The summed E-state index contributed by atoms with van der Waals surface area (Å²) in [5, 5.41) is 0.959. The van der Waals surface area contributed by atoms with Crippen LogP contribution in [0.15, 0.2) is 40.2 Å². The van der Waals surface area contributed by atoms with E-state index in [9.17, 15) is 9.59 Å². The van der Waals surface area contributed by atoms with E-state index in [0.717, 1.165) is 22.3 Å².